The van der Waals surface area contributed by atoms with Crippen molar-refractivity contribution in [2.45, 2.75) is 33.1 Å². The standard InChI is InChI=1S/C11H18N2O2S/c1-3-5-10(14)13-11-12-8-9(16-11)6-7-15-4-2/h8H,3-7H2,1-2H3,(H,12,13,14). The van der Waals surface area contributed by atoms with Crippen LogP contribution in [0, 0.1) is 0 Å². The summed E-state index contributed by atoms with van der Waals surface area (Å²) in [6, 6.07) is 0. The van der Waals surface area contributed by atoms with Crippen molar-refractivity contribution >= 4 is 22.4 Å². The highest BCUT2D eigenvalue weighted by molar-refractivity contribution is 7.15. The van der Waals surface area contributed by atoms with Crippen molar-refractivity contribution in [1.82, 2.24) is 4.98 Å². The van der Waals surface area contributed by atoms with Crippen molar-refractivity contribution in [2.75, 3.05) is 18.5 Å². The molecule has 1 aromatic heterocycles. The molecule has 0 unspecified atom stereocenters. The lowest BCUT2D eigenvalue weighted by Crippen LogP contribution is -2.09. The highest BCUT2D eigenvalue weighted by atomic mass is 32.1. The summed E-state index contributed by atoms with van der Waals surface area (Å²) in [5.74, 6) is 0.0354. The number of anilines is 1. The second-order valence-corrected chi connectivity index (χ2v) is 4.49. The third kappa shape index (κ3) is 4.72. The Labute approximate surface area is 100 Å². The fraction of sp³-hybridized carbons (Fsp3) is 0.636. The number of amides is 1. The minimum absolute atomic E-state index is 0.0354. The maximum atomic E-state index is 11.3. The Balaban J connectivity index is 2.36. The zero-order valence-electron chi connectivity index (χ0n) is 9.78. The first-order valence-electron chi connectivity index (χ1n) is 5.58. The number of carbonyl (C=O) groups is 1. The molecule has 0 aliphatic heterocycles. The highest BCUT2D eigenvalue weighted by Crippen LogP contribution is 2.18. The molecule has 0 saturated carbocycles. The van der Waals surface area contributed by atoms with E-state index in [4.69, 9.17) is 4.74 Å². The average Bonchev–Trinajstić information content (AvgIpc) is 2.66. The Morgan fingerprint density at radius 2 is 2.38 bits per heavy atom. The number of carbonyl (C=O) groups excluding carboxylic acids is 1. The summed E-state index contributed by atoms with van der Waals surface area (Å²) in [7, 11) is 0. The van der Waals surface area contributed by atoms with Gasteiger partial charge in [0.25, 0.3) is 0 Å². The molecular weight excluding hydrogens is 224 g/mol. The van der Waals surface area contributed by atoms with Crippen LogP contribution in [0.4, 0.5) is 5.13 Å². The Bertz CT molecular complexity index is 326. The molecule has 0 aromatic carbocycles. The van der Waals surface area contributed by atoms with E-state index in [2.05, 4.69) is 10.3 Å². The van der Waals surface area contributed by atoms with Gasteiger partial charge in [-0.3, -0.25) is 4.79 Å². The second kappa shape index (κ2) is 7.35. The predicted octanol–water partition coefficient (Wildman–Crippen LogP) is 2.46. The van der Waals surface area contributed by atoms with Crippen LogP contribution in [-0.4, -0.2) is 24.1 Å². The molecule has 1 N–H and O–H groups in total. The molecule has 4 nitrogen and oxygen atoms in total. The number of hydrogen-bond donors (Lipinski definition) is 1. The number of thiazole rings is 1. The molecule has 0 fully saturated rings. The first kappa shape index (κ1) is 13.1. The smallest absolute Gasteiger partial charge is 0.226 e. The predicted molar refractivity (Wildman–Crippen MR) is 65.8 cm³/mol. The zero-order chi connectivity index (χ0) is 11.8. The van der Waals surface area contributed by atoms with Crippen molar-refractivity contribution < 1.29 is 9.53 Å². The second-order valence-electron chi connectivity index (χ2n) is 3.38. The van der Waals surface area contributed by atoms with Gasteiger partial charge < -0.3 is 10.1 Å². The van der Waals surface area contributed by atoms with Crippen LogP contribution in [-0.2, 0) is 16.0 Å². The van der Waals surface area contributed by atoms with Gasteiger partial charge in [-0.25, -0.2) is 4.98 Å². The molecule has 16 heavy (non-hydrogen) atoms. The number of nitrogens with one attached hydrogen (secondary N) is 1. The summed E-state index contributed by atoms with van der Waals surface area (Å²) < 4.78 is 5.26. The Kier molecular flexibility index (Phi) is 6.03. The molecule has 0 spiro atoms. The summed E-state index contributed by atoms with van der Waals surface area (Å²) >= 11 is 1.51. The van der Waals surface area contributed by atoms with Gasteiger partial charge in [0.1, 0.15) is 0 Å². The van der Waals surface area contributed by atoms with E-state index in [0.717, 1.165) is 24.3 Å². The van der Waals surface area contributed by atoms with Crippen molar-refractivity contribution in [1.29, 1.82) is 0 Å². The Morgan fingerprint density at radius 3 is 3.06 bits per heavy atom. The maximum Gasteiger partial charge on any atom is 0.226 e. The van der Waals surface area contributed by atoms with Crippen LogP contribution in [0.15, 0.2) is 6.20 Å². The molecule has 1 heterocycles. The van der Waals surface area contributed by atoms with Crippen molar-refractivity contribution in [3.8, 4) is 0 Å². The Hall–Kier alpha value is -0.940. The maximum absolute atomic E-state index is 11.3. The van der Waals surface area contributed by atoms with Crippen LogP contribution in [0.5, 0.6) is 0 Å². The van der Waals surface area contributed by atoms with Gasteiger partial charge in [-0.2, -0.15) is 0 Å². The third-order valence-corrected chi connectivity index (χ3v) is 2.95. The van der Waals surface area contributed by atoms with Gasteiger partial charge in [-0.05, 0) is 13.3 Å². The van der Waals surface area contributed by atoms with Gasteiger partial charge in [0.2, 0.25) is 5.91 Å². The van der Waals surface area contributed by atoms with E-state index in [-0.39, 0.29) is 5.91 Å². The van der Waals surface area contributed by atoms with Gasteiger partial charge in [-0.15, -0.1) is 11.3 Å². The topological polar surface area (TPSA) is 51.2 Å². The molecule has 1 amide bonds. The molecule has 0 aliphatic rings. The first-order chi connectivity index (χ1) is 7.76. The average molecular weight is 242 g/mol. The summed E-state index contributed by atoms with van der Waals surface area (Å²) in [6.07, 6.45) is 4.06. The fourth-order valence-electron chi connectivity index (χ4n) is 1.21. The van der Waals surface area contributed by atoms with Crippen LogP contribution < -0.4 is 5.32 Å². The lowest BCUT2D eigenvalue weighted by atomic mass is 10.3. The first-order valence-corrected chi connectivity index (χ1v) is 6.40. The lowest BCUT2D eigenvalue weighted by Gasteiger charge is -1.98. The van der Waals surface area contributed by atoms with E-state index in [1.165, 1.54) is 11.3 Å². The number of ether oxygens (including phenoxy) is 1. The number of hydrogen-bond acceptors (Lipinski definition) is 4. The van der Waals surface area contributed by atoms with E-state index in [9.17, 15) is 4.79 Å². The van der Waals surface area contributed by atoms with E-state index in [0.29, 0.717) is 18.2 Å². The molecule has 90 valence electrons. The molecule has 0 bridgehead atoms. The molecule has 0 radical (unpaired) electrons. The SMILES string of the molecule is CCCC(=O)Nc1ncc(CCOCC)s1. The lowest BCUT2D eigenvalue weighted by molar-refractivity contribution is -0.116. The quantitative estimate of drug-likeness (QED) is 0.747. The molecule has 1 aromatic rings. The zero-order valence-corrected chi connectivity index (χ0v) is 10.6. The van der Waals surface area contributed by atoms with Gasteiger partial charge in [0.05, 0.1) is 6.61 Å². The third-order valence-electron chi connectivity index (χ3n) is 1.97. The minimum Gasteiger partial charge on any atom is -0.381 e. The summed E-state index contributed by atoms with van der Waals surface area (Å²) in [6.45, 7) is 5.40. The molecule has 5 heteroatoms. The number of rotatable bonds is 7. The van der Waals surface area contributed by atoms with Crippen LogP contribution in [0.2, 0.25) is 0 Å². The Morgan fingerprint density at radius 1 is 1.56 bits per heavy atom. The molecule has 0 atom stereocenters. The van der Waals surface area contributed by atoms with Crippen LogP contribution in [0.3, 0.4) is 0 Å². The summed E-state index contributed by atoms with van der Waals surface area (Å²) in [4.78, 5) is 16.6. The van der Waals surface area contributed by atoms with Crippen LogP contribution in [0.1, 0.15) is 31.6 Å². The highest BCUT2D eigenvalue weighted by Gasteiger charge is 2.05. The van der Waals surface area contributed by atoms with Gasteiger partial charge in [-0.1, -0.05) is 6.92 Å². The van der Waals surface area contributed by atoms with E-state index < -0.39 is 0 Å². The fourth-order valence-corrected chi connectivity index (χ4v) is 2.02. The van der Waals surface area contributed by atoms with E-state index in [1.807, 2.05) is 13.8 Å². The molecular formula is C11H18N2O2S. The van der Waals surface area contributed by atoms with E-state index in [1.54, 1.807) is 6.20 Å². The summed E-state index contributed by atoms with van der Waals surface area (Å²) in [5.41, 5.74) is 0. The largest absolute Gasteiger partial charge is 0.381 e. The monoisotopic (exact) mass is 242 g/mol. The van der Waals surface area contributed by atoms with Crippen molar-refractivity contribution in [3.63, 3.8) is 0 Å². The molecule has 0 aliphatic carbocycles. The molecule has 0 saturated heterocycles. The van der Waals surface area contributed by atoms with Gasteiger partial charge in [0, 0.05) is 30.5 Å². The number of nitrogens with zero attached hydrogens (tertiary/aromatic N) is 1. The number of aromatic nitrogens is 1. The van der Waals surface area contributed by atoms with Crippen molar-refractivity contribution in [2.24, 2.45) is 0 Å². The van der Waals surface area contributed by atoms with Gasteiger partial charge >= 0.3 is 0 Å². The van der Waals surface area contributed by atoms with E-state index >= 15 is 0 Å². The van der Waals surface area contributed by atoms with Crippen LogP contribution in [0.25, 0.3) is 0 Å². The normalized spacial score (nSPS) is 10.4. The minimum atomic E-state index is 0.0354. The summed E-state index contributed by atoms with van der Waals surface area (Å²) in [5, 5.41) is 3.47. The molecule has 1 rings (SSSR count). The van der Waals surface area contributed by atoms with Crippen LogP contribution >= 0.6 is 11.3 Å². The van der Waals surface area contributed by atoms with Gasteiger partial charge in [0.15, 0.2) is 5.13 Å². The van der Waals surface area contributed by atoms with Crippen molar-refractivity contribution in [3.05, 3.63) is 11.1 Å².